The molecule has 1 amide bonds. The molecule has 1 atom stereocenters. The third-order valence-electron chi connectivity index (χ3n) is 6.79. The molecule has 1 unspecified atom stereocenters. The van der Waals surface area contributed by atoms with Crippen LogP contribution in [0.3, 0.4) is 0 Å². The predicted molar refractivity (Wildman–Crippen MR) is 132 cm³/mol. The van der Waals surface area contributed by atoms with Gasteiger partial charge in [-0.3, -0.25) is 4.79 Å². The summed E-state index contributed by atoms with van der Waals surface area (Å²) >= 11 is 0. The number of aliphatic hydroxyl groups excluding tert-OH is 1. The maximum atomic E-state index is 12.7. The van der Waals surface area contributed by atoms with E-state index in [9.17, 15) is 9.90 Å². The fraction of sp³-hybridized carbons (Fsp3) is 0.385. The normalized spacial score (nSPS) is 18.6. The molecular weight excluding hydrogens is 460 g/mol. The Morgan fingerprint density at radius 1 is 1.06 bits per heavy atom. The summed E-state index contributed by atoms with van der Waals surface area (Å²) in [5.74, 6) is 0.00533. The summed E-state index contributed by atoms with van der Waals surface area (Å²) < 4.78 is 14.9. The zero-order valence-electron chi connectivity index (χ0n) is 19.9. The maximum Gasteiger partial charge on any atom is 0.254 e. The summed E-state index contributed by atoms with van der Waals surface area (Å²) in [6.07, 6.45) is 4.76. The van der Waals surface area contributed by atoms with Gasteiger partial charge in [-0.25, -0.2) is 9.36 Å². The third kappa shape index (κ3) is 4.27. The molecule has 0 bridgehead atoms. The van der Waals surface area contributed by atoms with Gasteiger partial charge in [-0.1, -0.05) is 11.3 Å². The van der Waals surface area contributed by atoms with Gasteiger partial charge in [-0.15, -0.1) is 5.10 Å². The van der Waals surface area contributed by atoms with Crippen LogP contribution in [0.15, 0.2) is 48.7 Å². The van der Waals surface area contributed by atoms with Gasteiger partial charge in [-0.05, 0) is 61.2 Å². The van der Waals surface area contributed by atoms with E-state index in [2.05, 4.69) is 10.3 Å². The highest BCUT2D eigenvalue weighted by Crippen LogP contribution is 2.33. The topological polar surface area (TPSA) is 108 Å². The van der Waals surface area contributed by atoms with Crippen LogP contribution in [0.2, 0.25) is 0 Å². The van der Waals surface area contributed by atoms with Crippen molar-refractivity contribution in [3.63, 3.8) is 0 Å². The van der Waals surface area contributed by atoms with Crippen molar-refractivity contribution in [3.05, 3.63) is 59.8 Å². The molecule has 1 N–H and O–H groups in total. The Balaban J connectivity index is 1.31. The number of aromatic nitrogens is 5. The second-order valence-corrected chi connectivity index (χ2v) is 9.12. The smallest absolute Gasteiger partial charge is 0.254 e. The Hall–Kier alpha value is -3.60. The first-order valence-corrected chi connectivity index (χ1v) is 12.3. The van der Waals surface area contributed by atoms with Crippen LogP contribution in [0.4, 0.5) is 0 Å². The number of rotatable bonds is 5. The highest BCUT2D eigenvalue weighted by molar-refractivity contribution is 5.94. The molecule has 2 saturated heterocycles. The zero-order chi connectivity index (χ0) is 24.5. The standard InChI is InChI=1S/C26H28N6O4/c33-17-18-4-9-23-21(15-18)25(28-32(23)24-3-1-2-12-36-24)22-16-31(29-27-22)20-7-5-19(6-8-20)26(34)30-10-13-35-14-11-30/h4-9,15-16,24,33H,1-3,10-14,17H2. The van der Waals surface area contributed by atoms with Crippen molar-refractivity contribution in [2.75, 3.05) is 32.9 Å². The average molecular weight is 489 g/mol. The van der Waals surface area contributed by atoms with E-state index in [-0.39, 0.29) is 18.7 Å². The quantitative estimate of drug-likeness (QED) is 0.460. The highest BCUT2D eigenvalue weighted by Gasteiger charge is 2.23. The SMILES string of the molecule is O=C(c1ccc(-n2cc(-c3nn(C4CCCCO4)c4ccc(CO)cc34)nn2)cc1)N1CCOCC1. The van der Waals surface area contributed by atoms with E-state index in [1.807, 2.05) is 58.2 Å². The lowest BCUT2D eigenvalue weighted by Gasteiger charge is -2.26. The number of benzene rings is 2. The Morgan fingerprint density at radius 2 is 1.89 bits per heavy atom. The number of carbonyl (C=O) groups is 1. The first-order chi connectivity index (χ1) is 17.7. The van der Waals surface area contributed by atoms with Gasteiger partial charge in [0.25, 0.3) is 5.91 Å². The molecule has 186 valence electrons. The van der Waals surface area contributed by atoms with E-state index in [0.29, 0.717) is 43.3 Å². The van der Waals surface area contributed by atoms with Crippen molar-refractivity contribution in [1.82, 2.24) is 29.7 Å². The number of morpholine rings is 1. The molecule has 4 heterocycles. The van der Waals surface area contributed by atoms with Crippen LogP contribution in [0.25, 0.3) is 28.0 Å². The fourth-order valence-corrected chi connectivity index (χ4v) is 4.82. The van der Waals surface area contributed by atoms with E-state index in [1.165, 1.54) is 0 Å². The van der Waals surface area contributed by atoms with Gasteiger partial charge >= 0.3 is 0 Å². The summed E-state index contributed by atoms with van der Waals surface area (Å²) in [7, 11) is 0. The van der Waals surface area contributed by atoms with E-state index in [4.69, 9.17) is 14.6 Å². The molecule has 2 aromatic heterocycles. The number of hydrogen-bond donors (Lipinski definition) is 1. The molecule has 10 heteroatoms. The molecule has 2 aliphatic heterocycles. The van der Waals surface area contributed by atoms with Gasteiger partial charge in [0.1, 0.15) is 11.4 Å². The summed E-state index contributed by atoms with van der Waals surface area (Å²) in [6, 6.07) is 13.2. The van der Waals surface area contributed by atoms with Gasteiger partial charge in [0.15, 0.2) is 6.23 Å². The van der Waals surface area contributed by atoms with E-state index in [0.717, 1.165) is 48.0 Å². The average Bonchev–Trinajstić information content (AvgIpc) is 3.59. The second kappa shape index (κ2) is 9.81. The van der Waals surface area contributed by atoms with Crippen molar-refractivity contribution in [3.8, 4) is 17.1 Å². The van der Waals surface area contributed by atoms with Gasteiger partial charge in [0.05, 0.1) is 37.2 Å². The molecule has 6 rings (SSSR count). The Labute approximate surface area is 208 Å². The monoisotopic (exact) mass is 488 g/mol. The number of nitrogens with zero attached hydrogens (tertiary/aromatic N) is 6. The number of hydrogen-bond acceptors (Lipinski definition) is 7. The Kier molecular flexibility index (Phi) is 6.22. The molecule has 4 aromatic rings. The lowest BCUT2D eigenvalue weighted by Crippen LogP contribution is -2.40. The fourth-order valence-electron chi connectivity index (χ4n) is 4.82. The molecule has 0 saturated carbocycles. The highest BCUT2D eigenvalue weighted by atomic mass is 16.5. The minimum atomic E-state index is -0.124. The first kappa shape index (κ1) is 22.8. The number of ether oxygens (including phenoxy) is 2. The van der Waals surface area contributed by atoms with Crippen LogP contribution in [0, 0.1) is 0 Å². The lowest BCUT2D eigenvalue weighted by molar-refractivity contribution is -0.0365. The van der Waals surface area contributed by atoms with Crippen molar-refractivity contribution in [2.45, 2.75) is 32.1 Å². The van der Waals surface area contributed by atoms with Gasteiger partial charge in [0.2, 0.25) is 0 Å². The molecule has 2 fully saturated rings. The molecule has 10 nitrogen and oxygen atoms in total. The summed E-state index contributed by atoms with van der Waals surface area (Å²) in [6.45, 7) is 3.03. The zero-order valence-corrected chi connectivity index (χ0v) is 19.9. The van der Waals surface area contributed by atoms with Crippen LogP contribution < -0.4 is 0 Å². The Morgan fingerprint density at radius 3 is 2.64 bits per heavy atom. The number of fused-ring (bicyclic) bond motifs is 1. The molecule has 2 aliphatic rings. The largest absolute Gasteiger partial charge is 0.392 e. The van der Waals surface area contributed by atoms with Gasteiger partial charge < -0.3 is 19.5 Å². The van der Waals surface area contributed by atoms with Gasteiger partial charge in [0, 0.05) is 30.6 Å². The van der Waals surface area contributed by atoms with E-state index >= 15 is 0 Å². The lowest BCUT2D eigenvalue weighted by atomic mass is 10.1. The molecular formula is C26H28N6O4. The Bertz CT molecular complexity index is 1370. The maximum absolute atomic E-state index is 12.7. The third-order valence-corrected chi connectivity index (χ3v) is 6.79. The van der Waals surface area contributed by atoms with Crippen LogP contribution in [0.5, 0.6) is 0 Å². The molecule has 0 radical (unpaired) electrons. The number of carbonyl (C=O) groups excluding carboxylic acids is 1. The number of aliphatic hydroxyl groups is 1. The summed E-state index contributed by atoms with van der Waals surface area (Å²) in [5, 5.41) is 24.2. The summed E-state index contributed by atoms with van der Waals surface area (Å²) in [4.78, 5) is 14.6. The van der Waals surface area contributed by atoms with Crippen LogP contribution >= 0.6 is 0 Å². The van der Waals surface area contributed by atoms with Crippen molar-refractivity contribution >= 4 is 16.8 Å². The minimum Gasteiger partial charge on any atom is -0.392 e. The number of amides is 1. The van der Waals surface area contributed by atoms with Crippen molar-refractivity contribution in [2.24, 2.45) is 0 Å². The van der Waals surface area contributed by atoms with Crippen molar-refractivity contribution in [1.29, 1.82) is 0 Å². The predicted octanol–water partition coefficient (Wildman–Crippen LogP) is 2.95. The van der Waals surface area contributed by atoms with Crippen molar-refractivity contribution < 1.29 is 19.4 Å². The molecule has 36 heavy (non-hydrogen) atoms. The first-order valence-electron chi connectivity index (χ1n) is 12.3. The van der Waals surface area contributed by atoms with Crippen LogP contribution in [-0.4, -0.2) is 73.6 Å². The second-order valence-electron chi connectivity index (χ2n) is 9.12. The molecule has 2 aromatic carbocycles. The van der Waals surface area contributed by atoms with Crippen LogP contribution in [-0.2, 0) is 16.1 Å². The minimum absolute atomic E-state index is 0.00533. The molecule has 0 aliphatic carbocycles. The van der Waals surface area contributed by atoms with Gasteiger partial charge in [-0.2, -0.15) is 5.10 Å². The summed E-state index contributed by atoms with van der Waals surface area (Å²) in [5.41, 5.74) is 4.49. The molecule has 0 spiro atoms. The van der Waals surface area contributed by atoms with E-state index < -0.39 is 0 Å². The van der Waals surface area contributed by atoms with Crippen LogP contribution in [0.1, 0.15) is 41.4 Å². The van der Waals surface area contributed by atoms with E-state index in [1.54, 1.807) is 4.68 Å².